The maximum absolute atomic E-state index is 9.82. The van der Waals surface area contributed by atoms with Gasteiger partial charge in [-0.25, -0.2) is 9.97 Å². The highest BCUT2D eigenvalue weighted by Gasteiger charge is 2.20. The van der Waals surface area contributed by atoms with Crippen molar-refractivity contribution in [3.05, 3.63) is 64.9 Å². The van der Waals surface area contributed by atoms with E-state index in [2.05, 4.69) is 26.6 Å². The number of nitrogens with one attached hydrogen (secondary N) is 1. The molecule has 31 heavy (non-hydrogen) atoms. The first-order chi connectivity index (χ1) is 15.1. The highest BCUT2D eigenvalue weighted by Crippen LogP contribution is 2.43. The summed E-state index contributed by atoms with van der Waals surface area (Å²) in [4.78, 5) is 9.36. The number of phenols is 1. The molecule has 0 saturated carbocycles. The van der Waals surface area contributed by atoms with E-state index >= 15 is 0 Å². The van der Waals surface area contributed by atoms with E-state index in [1.54, 1.807) is 18.3 Å². The third-order valence-corrected chi connectivity index (χ3v) is 5.89. The molecule has 0 aliphatic heterocycles. The van der Waals surface area contributed by atoms with Gasteiger partial charge in [0.25, 0.3) is 0 Å². The Hall–Kier alpha value is -3.67. The lowest BCUT2D eigenvalue weighted by Gasteiger charge is -2.08. The van der Waals surface area contributed by atoms with Crippen LogP contribution in [0.25, 0.3) is 20.7 Å². The molecule has 2 N–H and O–H groups in total. The lowest BCUT2D eigenvalue weighted by Crippen LogP contribution is -1.95. The van der Waals surface area contributed by atoms with Crippen LogP contribution >= 0.6 is 22.9 Å². The standard InChI is InChI=1S/C22H16ClN5O2S/c1-2-30-18-6-4-3-5-14(18)20-15(10-24)19-21(31-20)22(26-12-25-19)28-27-11-13-7-8-17(29)16(23)9-13/h3-9,11-12,29H,2H2,1H3,(H,25,26,28)/b27-11+. The van der Waals surface area contributed by atoms with Gasteiger partial charge in [-0.05, 0) is 42.8 Å². The van der Waals surface area contributed by atoms with E-state index in [1.807, 2.05) is 31.2 Å². The number of hydrogen-bond donors (Lipinski definition) is 2. The number of aromatic nitrogens is 2. The monoisotopic (exact) mass is 449 g/mol. The van der Waals surface area contributed by atoms with Gasteiger partial charge in [-0.2, -0.15) is 10.4 Å². The molecule has 9 heteroatoms. The molecule has 0 bridgehead atoms. The fourth-order valence-corrected chi connectivity index (χ4v) is 4.35. The minimum absolute atomic E-state index is 0.00627. The number of anilines is 1. The molecule has 7 nitrogen and oxygen atoms in total. The van der Waals surface area contributed by atoms with Crippen molar-refractivity contribution in [3.8, 4) is 28.0 Å². The lowest BCUT2D eigenvalue weighted by molar-refractivity contribution is 0.341. The highest BCUT2D eigenvalue weighted by atomic mass is 35.5. The molecule has 0 radical (unpaired) electrons. The first-order valence-electron chi connectivity index (χ1n) is 9.29. The lowest BCUT2D eigenvalue weighted by atomic mass is 10.1. The van der Waals surface area contributed by atoms with Crippen molar-refractivity contribution in [2.45, 2.75) is 6.92 Å². The number of hydrazone groups is 1. The van der Waals surface area contributed by atoms with Crippen LogP contribution in [0.15, 0.2) is 53.9 Å². The molecule has 154 valence electrons. The van der Waals surface area contributed by atoms with Crippen LogP contribution in [-0.4, -0.2) is 27.9 Å². The number of fused-ring (bicyclic) bond motifs is 1. The number of aromatic hydroxyl groups is 1. The third kappa shape index (κ3) is 4.14. The molecule has 2 aromatic heterocycles. The number of rotatable bonds is 6. The van der Waals surface area contributed by atoms with Crippen LogP contribution in [0.3, 0.4) is 0 Å². The van der Waals surface area contributed by atoms with Gasteiger partial charge >= 0.3 is 0 Å². The summed E-state index contributed by atoms with van der Waals surface area (Å²) in [5.41, 5.74) is 5.46. The Balaban J connectivity index is 1.73. The van der Waals surface area contributed by atoms with Crippen molar-refractivity contribution in [2.24, 2.45) is 5.10 Å². The zero-order chi connectivity index (χ0) is 21.8. The van der Waals surface area contributed by atoms with Gasteiger partial charge in [0.15, 0.2) is 5.82 Å². The van der Waals surface area contributed by atoms with Crippen LogP contribution in [0.4, 0.5) is 5.82 Å². The number of halogens is 1. The average Bonchev–Trinajstić information content (AvgIpc) is 3.16. The summed E-state index contributed by atoms with van der Waals surface area (Å²) in [6.07, 6.45) is 2.95. The fourth-order valence-electron chi connectivity index (χ4n) is 2.99. The maximum Gasteiger partial charge on any atom is 0.167 e. The van der Waals surface area contributed by atoms with Gasteiger partial charge in [0.05, 0.1) is 33.0 Å². The molecule has 0 unspecified atom stereocenters. The number of benzene rings is 2. The number of hydrogen-bond acceptors (Lipinski definition) is 8. The quantitative estimate of drug-likeness (QED) is 0.300. The number of para-hydroxylation sites is 1. The molecular formula is C22H16ClN5O2S. The van der Waals surface area contributed by atoms with Crippen LogP contribution in [0.2, 0.25) is 5.02 Å². The van der Waals surface area contributed by atoms with Crippen LogP contribution in [-0.2, 0) is 0 Å². The molecule has 2 aromatic carbocycles. The van der Waals surface area contributed by atoms with Gasteiger partial charge in [0.2, 0.25) is 0 Å². The summed E-state index contributed by atoms with van der Waals surface area (Å²) in [7, 11) is 0. The normalized spacial score (nSPS) is 11.0. The molecule has 0 atom stereocenters. The maximum atomic E-state index is 9.82. The Morgan fingerprint density at radius 1 is 1.29 bits per heavy atom. The number of phenolic OH excluding ortho intramolecular Hbond substituents is 1. The number of thiophene rings is 1. The first kappa shape index (κ1) is 20.6. The summed E-state index contributed by atoms with van der Waals surface area (Å²) in [5, 5.41) is 23.8. The van der Waals surface area contributed by atoms with Crippen molar-refractivity contribution >= 4 is 45.2 Å². The van der Waals surface area contributed by atoms with Crippen LogP contribution < -0.4 is 10.2 Å². The minimum atomic E-state index is 0.00627. The SMILES string of the molecule is CCOc1ccccc1-c1sc2c(N/N=C/c3ccc(O)c(Cl)c3)ncnc2c1C#N. The van der Waals surface area contributed by atoms with E-state index in [4.69, 9.17) is 16.3 Å². The minimum Gasteiger partial charge on any atom is -0.506 e. The second-order valence-electron chi connectivity index (χ2n) is 6.33. The molecule has 0 fully saturated rings. The summed E-state index contributed by atoms with van der Waals surface area (Å²) < 4.78 is 6.45. The first-order valence-corrected chi connectivity index (χ1v) is 10.5. The molecule has 4 rings (SSSR count). The zero-order valence-corrected chi connectivity index (χ0v) is 17.9. The predicted molar refractivity (Wildman–Crippen MR) is 123 cm³/mol. The Morgan fingerprint density at radius 3 is 2.90 bits per heavy atom. The van der Waals surface area contributed by atoms with Crippen LogP contribution in [0.1, 0.15) is 18.1 Å². The molecule has 0 aliphatic rings. The van der Waals surface area contributed by atoms with E-state index in [1.165, 1.54) is 23.7 Å². The Labute approximate surface area is 187 Å². The van der Waals surface area contributed by atoms with Crippen LogP contribution in [0, 0.1) is 11.3 Å². The Morgan fingerprint density at radius 2 is 2.13 bits per heavy atom. The summed E-state index contributed by atoms with van der Waals surface area (Å²) >= 11 is 7.33. The predicted octanol–water partition coefficient (Wildman–Crippen LogP) is 5.43. The van der Waals surface area contributed by atoms with E-state index in [9.17, 15) is 10.4 Å². The summed E-state index contributed by atoms with van der Waals surface area (Å²) in [6, 6.07) is 14.6. The second kappa shape index (κ2) is 9.00. The van der Waals surface area contributed by atoms with Crippen molar-refractivity contribution in [3.63, 3.8) is 0 Å². The molecule has 0 spiro atoms. The van der Waals surface area contributed by atoms with Crippen molar-refractivity contribution in [1.82, 2.24) is 9.97 Å². The zero-order valence-electron chi connectivity index (χ0n) is 16.3. The van der Waals surface area contributed by atoms with Crippen molar-refractivity contribution in [2.75, 3.05) is 12.0 Å². The number of nitriles is 1. The molecule has 2 heterocycles. The third-order valence-electron chi connectivity index (χ3n) is 4.37. The Kier molecular flexibility index (Phi) is 5.98. The molecule has 4 aromatic rings. The molecule has 0 saturated heterocycles. The van der Waals surface area contributed by atoms with E-state index < -0.39 is 0 Å². The van der Waals surface area contributed by atoms with Gasteiger partial charge in [-0.15, -0.1) is 11.3 Å². The van der Waals surface area contributed by atoms with Gasteiger partial charge in [-0.3, -0.25) is 5.43 Å². The molecule has 0 amide bonds. The molecule has 0 aliphatic carbocycles. The van der Waals surface area contributed by atoms with Gasteiger partial charge in [0.1, 0.15) is 29.4 Å². The Bertz CT molecular complexity index is 1330. The smallest absolute Gasteiger partial charge is 0.167 e. The number of nitrogens with zero attached hydrogens (tertiary/aromatic N) is 4. The van der Waals surface area contributed by atoms with Gasteiger partial charge < -0.3 is 9.84 Å². The molecular weight excluding hydrogens is 434 g/mol. The van der Waals surface area contributed by atoms with Crippen LogP contribution in [0.5, 0.6) is 11.5 Å². The fraction of sp³-hybridized carbons (Fsp3) is 0.0909. The summed E-state index contributed by atoms with van der Waals surface area (Å²) in [5.74, 6) is 1.19. The average molecular weight is 450 g/mol. The van der Waals surface area contributed by atoms with Gasteiger partial charge in [-0.1, -0.05) is 23.7 Å². The van der Waals surface area contributed by atoms with Crippen molar-refractivity contribution < 1.29 is 9.84 Å². The van der Waals surface area contributed by atoms with Crippen molar-refractivity contribution in [1.29, 1.82) is 5.26 Å². The van der Waals surface area contributed by atoms with E-state index in [-0.39, 0.29) is 10.8 Å². The number of ether oxygens (including phenoxy) is 1. The summed E-state index contributed by atoms with van der Waals surface area (Å²) in [6.45, 7) is 2.44. The second-order valence-corrected chi connectivity index (χ2v) is 7.76. The topological polar surface area (TPSA) is 103 Å². The highest BCUT2D eigenvalue weighted by molar-refractivity contribution is 7.23. The largest absolute Gasteiger partial charge is 0.506 e. The van der Waals surface area contributed by atoms with E-state index in [0.29, 0.717) is 39.5 Å². The van der Waals surface area contributed by atoms with Gasteiger partial charge in [0, 0.05) is 5.56 Å². The van der Waals surface area contributed by atoms with E-state index in [0.717, 1.165) is 10.4 Å².